The molecule has 0 spiro atoms. The minimum atomic E-state index is -0.833. The number of amidine groups is 1. The first-order valence-electron chi connectivity index (χ1n) is 7.22. The Morgan fingerprint density at radius 3 is 2.21 bits per heavy atom. The van der Waals surface area contributed by atoms with E-state index < -0.39 is 5.97 Å². The quantitative estimate of drug-likeness (QED) is 0.438. The molecule has 0 aliphatic carbocycles. The summed E-state index contributed by atoms with van der Waals surface area (Å²) >= 11 is 0. The maximum Gasteiger partial charge on any atom is 0.300 e. The fourth-order valence-electron chi connectivity index (χ4n) is 2.04. The number of nitrogens with zero attached hydrogens (tertiary/aromatic N) is 1. The molecule has 0 unspecified atom stereocenters. The summed E-state index contributed by atoms with van der Waals surface area (Å²) in [6, 6.07) is 17.5. The molecule has 0 amide bonds. The smallest absolute Gasteiger partial charge is 0.300 e. The number of carboxylic acid groups (broad SMARTS) is 1. The van der Waals surface area contributed by atoms with Crippen LogP contribution < -0.4 is 5.73 Å². The highest BCUT2D eigenvalue weighted by Crippen LogP contribution is 2.22. The van der Waals surface area contributed by atoms with Gasteiger partial charge in [-0.3, -0.25) is 10.2 Å². The fourth-order valence-corrected chi connectivity index (χ4v) is 2.04. The molecule has 0 saturated heterocycles. The molecule has 24 heavy (non-hydrogen) atoms. The molecule has 0 aliphatic heterocycles. The summed E-state index contributed by atoms with van der Waals surface area (Å²) in [6.45, 7) is 1.08. The third-order valence-corrected chi connectivity index (χ3v) is 3.13. The summed E-state index contributed by atoms with van der Waals surface area (Å²) in [6.07, 6.45) is 1.82. The molecule has 0 aliphatic rings. The number of rotatable bonds is 3. The number of hydrogen-bond acceptors (Lipinski definition) is 3. The fraction of sp³-hybridized carbons (Fsp3) is 0.0556. The zero-order valence-corrected chi connectivity index (χ0v) is 13.2. The van der Waals surface area contributed by atoms with Gasteiger partial charge in [-0.05, 0) is 5.56 Å². The van der Waals surface area contributed by atoms with E-state index in [0.29, 0.717) is 5.56 Å². The summed E-state index contributed by atoms with van der Waals surface area (Å²) in [5.74, 6) is 0.0416. The highest BCUT2D eigenvalue weighted by atomic mass is 16.4. The second kappa shape index (κ2) is 7.73. The minimum absolute atomic E-state index is 0.0703. The normalized spacial score (nSPS) is 9.71. The lowest BCUT2D eigenvalue weighted by Gasteiger charge is -2.00. The van der Waals surface area contributed by atoms with Gasteiger partial charge in [-0.2, -0.15) is 0 Å². The molecular formula is C18H18N4O2. The van der Waals surface area contributed by atoms with Gasteiger partial charge in [-0.1, -0.05) is 54.6 Å². The number of H-pyrrole nitrogens is 1. The van der Waals surface area contributed by atoms with Gasteiger partial charge in [0, 0.05) is 18.1 Å². The molecule has 0 atom stereocenters. The van der Waals surface area contributed by atoms with Crippen LogP contribution in [0.15, 0.2) is 60.8 Å². The van der Waals surface area contributed by atoms with Crippen molar-refractivity contribution in [3.63, 3.8) is 0 Å². The predicted molar refractivity (Wildman–Crippen MR) is 93.8 cm³/mol. The van der Waals surface area contributed by atoms with Crippen molar-refractivity contribution in [3.8, 4) is 22.6 Å². The lowest BCUT2D eigenvalue weighted by atomic mass is 10.1. The summed E-state index contributed by atoms with van der Waals surface area (Å²) in [7, 11) is 0. The van der Waals surface area contributed by atoms with Gasteiger partial charge in [-0.15, -0.1) is 0 Å². The number of nitrogens with one attached hydrogen (secondary N) is 2. The van der Waals surface area contributed by atoms with Crippen molar-refractivity contribution in [1.29, 1.82) is 5.41 Å². The molecule has 3 aromatic rings. The summed E-state index contributed by atoms with van der Waals surface area (Å²) < 4.78 is 0. The monoisotopic (exact) mass is 322 g/mol. The molecule has 122 valence electrons. The SMILES string of the molecule is CC(=O)O.N=C(N)c1ccc(-c2ncc(-c3ccccc3)[nH]2)cc1. The molecule has 6 heteroatoms. The molecule has 2 aromatic carbocycles. The predicted octanol–water partition coefficient (Wildman–Crippen LogP) is 3.12. The molecule has 6 nitrogen and oxygen atoms in total. The summed E-state index contributed by atoms with van der Waals surface area (Å²) in [5, 5.41) is 14.8. The number of aromatic amines is 1. The molecule has 1 heterocycles. The largest absolute Gasteiger partial charge is 0.481 e. The first-order valence-corrected chi connectivity index (χ1v) is 7.22. The van der Waals surface area contributed by atoms with Gasteiger partial charge >= 0.3 is 0 Å². The van der Waals surface area contributed by atoms with Crippen LogP contribution in [0, 0.1) is 5.41 Å². The van der Waals surface area contributed by atoms with E-state index in [1.165, 1.54) is 0 Å². The van der Waals surface area contributed by atoms with Gasteiger partial charge < -0.3 is 15.8 Å². The molecule has 3 rings (SSSR count). The number of carbonyl (C=O) groups is 1. The maximum absolute atomic E-state index is 9.00. The Morgan fingerprint density at radius 1 is 1.08 bits per heavy atom. The topological polar surface area (TPSA) is 116 Å². The molecule has 0 saturated carbocycles. The third kappa shape index (κ3) is 4.54. The van der Waals surface area contributed by atoms with Crippen LogP contribution in [0.4, 0.5) is 0 Å². The van der Waals surface area contributed by atoms with Gasteiger partial charge in [0.2, 0.25) is 0 Å². The van der Waals surface area contributed by atoms with Gasteiger partial charge in [0.15, 0.2) is 0 Å². The average molecular weight is 322 g/mol. The van der Waals surface area contributed by atoms with Crippen LogP contribution in [0.5, 0.6) is 0 Å². The van der Waals surface area contributed by atoms with Crippen LogP contribution in [-0.2, 0) is 4.79 Å². The van der Waals surface area contributed by atoms with Crippen molar-refractivity contribution in [3.05, 3.63) is 66.4 Å². The number of carboxylic acids is 1. The Labute approximate surface area is 139 Å². The van der Waals surface area contributed by atoms with E-state index in [1.807, 2.05) is 60.8 Å². The lowest BCUT2D eigenvalue weighted by molar-refractivity contribution is -0.134. The molecule has 5 N–H and O–H groups in total. The van der Waals surface area contributed by atoms with Crippen molar-refractivity contribution in [1.82, 2.24) is 9.97 Å². The maximum atomic E-state index is 9.00. The second-order valence-corrected chi connectivity index (χ2v) is 5.02. The molecule has 1 aromatic heterocycles. The Morgan fingerprint density at radius 2 is 1.67 bits per heavy atom. The van der Waals surface area contributed by atoms with Crippen LogP contribution in [0.25, 0.3) is 22.6 Å². The number of benzene rings is 2. The van der Waals surface area contributed by atoms with Gasteiger partial charge in [0.25, 0.3) is 5.97 Å². The first-order chi connectivity index (χ1) is 11.5. The van der Waals surface area contributed by atoms with Crippen LogP contribution >= 0.6 is 0 Å². The van der Waals surface area contributed by atoms with Gasteiger partial charge in [-0.25, -0.2) is 4.98 Å². The number of imidazole rings is 1. The van der Waals surface area contributed by atoms with E-state index in [4.69, 9.17) is 21.0 Å². The van der Waals surface area contributed by atoms with Gasteiger partial charge in [0.1, 0.15) is 11.7 Å². The average Bonchev–Trinajstić information content (AvgIpc) is 3.05. The Bertz CT molecular complexity index is 820. The summed E-state index contributed by atoms with van der Waals surface area (Å²) in [4.78, 5) is 16.7. The lowest BCUT2D eigenvalue weighted by Crippen LogP contribution is -2.10. The van der Waals surface area contributed by atoms with Crippen molar-refractivity contribution < 1.29 is 9.90 Å². The Hall–Kier alpha value is -3.41. The first kappa shape index (κ1) is 17.0. The van der Waals surface area contributed by atoms with Crippen LogP contribution in [0.1, 0.15) is 12.5 Å². The number of aromatic nitrogens is 2. The number of aliphatic carboxylic acids is 1. The van der Waals surface area contributed by atoms with Gasteiger partial charge in [0.05, 0.1) is 11.9 Å². The highest BCUT2D eigenvalue weighted by Gasteiger charge is 2.05. The van der Waals surface area contributed by atoms with E-state index in [0.717, 1.165) is 29.6 Å². The van der Waals surface area contributed by atoms with Crippen LogP contribution in [0.2, 0.25) is 0 Å². The van der Waals surface area contributed by atoms with E-state index in [1.54, 1.807) is 0 Å². The zero-order valence-electron chi connectivity index (χ0n) is 13.2. The number of hydrogen-bond donors (Lipinski definition) is 4. The van der Waals surface area contributed by atoms with E-state index in [-0.39, 0.29) is 5.84 Å². The van der Waals surface area contributed by atoms with E-state index in [9.17, 15) is 0 Å². The van der Waals surface area contributed by atoms with E-state index >= 15 is 0 Å². The third-order valence-electron chi connectivity index (χ3n) is 3.13. The Balaban J connectivity index is 0.000000471. The van der Waals surface area contributed by atoms with Crippen molar-refractivity contribution in [2.45, 2.75) is 6.92 Å². The van der Waals surface area contributed by atoms with Crippen molar-refractivity contribution in [2.24, 2.45) is 5.73 Å². The van der Waals surface area contributed by atoms with Crippen molar-refractivity contribution >= 4 is 11.8 Å². The second-order valence-electron chi connectivity index (χ2n) is 5.02. The number of nitrogen functional groups attached to an aromatic ring is 1. The summed E-state index contributed by atoms with van der Waals surface area (Å²) in [5.41, 5.74) is 9.21. The molecule has 0 bridgehead atoms. The molecule has 0 fully saturated rings. The van der Waals surface area contributed by atoms with Crippen LogP contribution in [0.3, 0.4) is 0 Å². The molecule has 0 radical (unpaired) electrons. The highest BCUT2D eigenvalue weighted by molar-refractivity contribution is 5.95. The van der Waals surface area contributed by atoms with Crippen LogP contribution in [-0.4, -0.2) is 26.9 Å². The minimum Gasteiger partial charge on any atom is -0.481 e. The van der Waals surface area contributed by atoms with Crippen molar-refractivity contribution in [2.75, 3.05) is 0 Å². The standard InChI is InChI=1S/C16H14N4.C2H4O2/c17-15(18)12-6-8-13(9-7-12)16-19-10-14(20-16)11-4-2-1-3-5-11;1-2(3)4/h1-10H,(H3,17,18)(H,19,20);1H3,(H,3,4). The molecular weight excluding hydrogens is 304 g/mol. The zero-order chi connectivity index (χ0) is 17.5. The number of nitrogens with two attached hydrogens (primary N) is 1. The Kier molecular flexibility index (Phi) is 5.46. The van der Waals surface area contributed by atoms with E-state index in [2.05, 4.69) is 9.97 Å².